The van der Waals surface area contributed by atoms with Crippen LogP contribution in [-0.2, 0) is 4.79 Å². The van der Waals surface area contributed by atoms with E-state index in [9.17, 15) is 9.59 Å². The van der Waals surface area contributed by atoms with Gasteiger partial charge in [0.15, 0.2) is 0 Å². The molecule has 0 saturated heterocycles. The Morgan fingerprint density at radius 2 is 1.88 bits per heavy atom. The first-order valence-electron chi connectivity index (χ1n) is 7.19. The van der Waals surface area contributed by atoms with E-state index in [4.69, 9.17) is 23.2 Å². The van der Waals surface area contributed by atoms with Gasteiger partial charge in [-0.15, -0.1) is 0 Å². The molecule has 0 aliphatic carbocycles. The van der Waals surface area contributed by atoms with E-state index in [0.29, 0.717) is 22.0 Å². The number of benzene rings is 2. The first-order valence-corrected chi connectivity index (χ1v) is 8.74. The lowest BCUT2D eigenvalue weighted by atomic mass is 10.2. The van der Waals surface area contributed by atoms with E-state index in [1.807, 2.05) is 6.07 Å². The number of rotatable bonds is 5. The molecule has 0 spiro atoms. The number of anilines is 1. The number of halogens is 3. The third-order valence-electron chi connectivity index (χ3n) is 3.08. The van der Waals surface area contributed by atoms with Gasteiger partial charge in [0, 0.05) is 15.7 Å². The fourth-order valence-corrected chi connectivity index (χ4v) is 2.65. The fraction of sp³-hybridized carbons (Fsp3) is 0.118. The Balaban J connectivity index is 1.93. The van der Waals surface area contributed by atoms with Crippen molar-refractivity contribution in [2.24, 2.45) is 5.10 Å². The van der Waals surface area contributed by atoms with Crippen LogP contribution in [0.3, 0.4) is 0 Å². The monoisotopic (exact) mass is 441 g/mol. The third-order valence-corrected chi connectivity index (χ3v) is 4.39. The van der Waals surface area contributed by atoms with Crippen molar-refractivity contribution in [2.75, 3.05) is 5.32 Å². The smallest absolute Gasteiger partial charge is 0.271 e. The molecule has 0 aromatic heterocycles. The molecule has 5 nitrogen and oxygen atoms in total. The molecule has 0 unspecified atom stereocenters. The molecule has 0 aliphatic heterocycles. The molecule has 2 N–H and O–H groups in total. The Morgan fingerprint density at radius 3 is 2.60 bits per heavy atom. The summed E-state index contributed by atoms with van der Waals surface area (Å²) in [5, 5.41) is 7.21. The van der Waals surface area contributed by atoms with E-state index in [1.165, 1.54) is 0 Å². The molecule has 25 heavy (non-hydrogen) atoms. The van der Waals surface area contributed by atoms with Crippen LogP contribution in [-0.4, -0.2) is 17.5 Å². The van der Waals surface area contributed by atoms with E-state index in [1.54, 1.807) is 43.3 Å². The highest BCUT2D eigenvalue weighted by Crippen LogP contribution is 2.29. The Hall–Kier alpha value is -1.89. The van der Waals surface area contributed by atoms with E-state index in [0.717, 1.165) is 4.47 Å². The minimum absolute atomic E-state index is 0.00159. The normalized spacial score (nSPS) is 11.1. The first-order chi connectivity index (χ1) is 11.9. The van der Waals surface area contributed by atoms with E-state index in [2.05, 4.69) is 31.8 Å². The minimum atomic E-state index is -0.362. The Bertz CT molecular complexity index is 840. The molecule has 0 bridgehead atoms. The van der Waals surface area contributed by atoms with Crippen LogP contribution < -0.4 is 10.7 Å². The zero-order chi connectivity index (χ0) is 18.4. The average molecular weight is 443 g/mol. The van der Waals surface area contributed by atoms with E-state index >= 15 is 0 Å². The molecule has 2 aromatic rings. The summed E-state index contributed by atoms with van der Waals surface area (Å²) in [5.41, 5.74) is 3.74. The molecular weight excluding hydrogens is 429 g/mol. The maximum absolute atomic E-state index is 12.0. The number of hydrogen-bond donors (Lipinski definition) is 2. The van der Waals surface area contributed by atoms with Crippen LogP contribution in [0.4, 0.5) is 5.69 Å². The molecule has 0 fully saturated rings. The van der Waals surface area contributed by atoms with Gasteiger partial charge in [-0.25, -0.2) is 5.43 Å². The van der Waals surface area contributed by atoms with Gasteiger partial charge in [-0.2, -0.15) is 5.10 Å². The van der Waals surface area contributed by atoms with Crippen molar-refractivity contribution in [3.63, 3.8) is 0 Å². The second-order valence-electron chi connectivity index (χ2n) is 5.12. The second kappa shape index (κ2) is 8.99. The van der Waals surface area contributed by atoms with Crippen LogP contribution >= 0.6 is 39.1 Å². The summed E-state index contributed by atoms with van der Waals surface area (Å²) in [6.45, 7) is 1.64. The first kappa shape index (κ1) is 19.4. The predicted molar refractivity (Wildman–Crippen MR) is 104 cm³/mol. The fourth-order valence-electron chi connectivity index (χ4n) is 1.91. The van der Waals surface area contributed by atoms with Crippen molar-refractivity contribution in [3.8, 4) is 0 Å². The molecule has 0 radical (unpaired) electrons. The zero-order valence-corrected chi connectivity index (χ0v) is 16.2. The maximum atomic E-state index is 12.0. The third kappa shape index (κ3) is 5.85. The average Bonchev–Trinajstić information content (AvgIpc) is 2.56. The molecule has 2 amide bonds. The van der Waals surface area contributed by atoms with Gasteiger partial charge in [-0.1, -0.05) is 51.3 Å². The zero-order valence-electron chi connectivity index (χ0n) is 13.1. The molecule has 2 aromatic carbocycles. The minimum Gasteiger partial charge on any atom is -0.324 e. The van der Waals surface area contributed by atoms with Gasteiger partial charge < -0.3 is 5.32 Å². The molecule has 0 atom stereocenters. The summed E-state index contributed by atoms with van der Waals surface area (Å²) < 4.78 is 0.790. The number of carbonyl (C=O) groups excluding carboxylic acids is 2. The van der Waals surface area contributed by atoms with Gasteiger partial charge in [-0.3, -0.25) is 9.59 Å². The van der Waals surface area contributed by atoms with E-state index < -0.39 is 0 Å². The highest BCUT2D eigenvalue weighted by molar-refractivity contribution is 9.10. The van der Waals surface area contributed by atoms with Crippen LogP contribution in [0.1, 0.15) is 23.7 Å². The molecule has 0 heterocycles. The number of nitrogens with one attached hydrogen (secondary N) is 2. The lowest BCUT2D eigenvalue weighted by Gasteiger charge is -2.08. The Morgan fingerprint density at radius 1 is 1.16 bits per heavy atom. The van der Waals surface area contributed by atoms with E-state index in [-0.39, 0.29) is 23.3 Å². The van der Waals surface area contributed by atoms with Crippen molar-refractivity contribution in [3.05, 3.63) is 62.5 Å². The number of hydrogen-bond acceptors (Lipinski definition) is 3. The Labute approximate surface area is 163 Å². The van der Waals surface area contributed by atoms with Crippen molar-refractivity contribution in [1.29, 1.82) is 0 Å². The van der Waals surface area contributed by atoms with Gasteiger partial charge in [0.25, 0.3) is 5.91 Å². The summed E-state index contributed by atoms with van der Waals surface area (Å²) >= 11 is 15.2. The summed E-state index contributed by atoms with van der Waals surface area (Å²) in [7, 11) is 0. The molecule has 2 rings (SSSR count). The maximum Gasteiger partial charge on any atom is 0.271 e. The van der Waals surface area contributed by atoms with Gasteiger partial charge in [0.2, 0.25) is 5.91 Å². The number of amides is 2. The molecule has 8 heteroatoms. The number of carbonyl (C=O) groups is 2. The molecule has 0 saturated carbocycles. The van der Waals surface area contributed by atoms with Crippen molar-refractivity contribution in [1.82, 2.24) is 5.43 Å². The van der Waals surface area contributed by atoms with Gasteiger partial charge in [-0.05, 0) is 37.3 Å². The van der Waals surface area contributed by atoms with Crippen LogP contribution in [0.5, 0.6) is 0 Å². The molecule has 130 valence electrons. The number of nitrogens with zero attached hydrogens (tertiary/aromatic N) is 1. The Kier molecular flexibility index (Phi) is 6.99. The van der Waals surface area contributed by atoms with Gasteiger partial charge in [0.1, 0.15) is 0 Å². The predicted octanol–water partition coefficient (Wildman–Crippen LogP) is 4.89. The highest BCUT2D eigenvalue weighted by Gasteiger charge is 2.10. The van der Waals surface area contributed by atoms with Crippen molar-refractivity contribution < 1.29 is 9.59 Å². The lowest BCUT2D eigenvalue weighted by molar-refractivity contribution is -0.115. The van der Waals surface area contributed by atoms with Crippen molar-refractivity contribution in [2.45, 2.75) is 13.3 Å². The summed E-state index contributed by atoms with van der Waals surface area (Å²) in [4.78, 5) is 24.0. The largest absolute Gasteiger partial charge is 0.324 e. The lowest BCUT2D eigenvalue weighted by Crippen LogP contribution is -2.21. The van der Waals surface area contributed by atoms with Crippen LogP contribution in [0.25, 0.3) is 0 Å². The number of hydrazone groups is 1. The van der Waals surface area contributed by atoms with Crippen LogP contribution in [0.15, 0.2) is 52.0 Å². The molecule has 0 aliphatic rings. The topological polar surface area (TPSA) is 70.6 Å². The van der Waals surface area contributed by atoms with Crippen LogP contribution in [0, 0.1) is 0 Å². The summed E-state index contributed by atoms with van der Waals surface area (Å²) in [6.07, 6.45) is 0.00159. The highest BCUT2D eigenvalue weighted by atomic mass is 79.9. The summed E-state index contributed by atoms with van der Waals surface area (Å²) in [6, 6.07) is 11.9. The quantitative estimate of drug-likeness (QED) is 0.511. The van der Waals surface area contributed by atoms with Gasteiger partial charge in [0.05, 0.1) is 22.2 Å². The summed E-state index contributed by atoms with van der Waals surface area (Å²) in [5.74, 6) is -0.680. The second-order valence-corrected chi connectivity index (χ2v) is 6.83. The van der Waals surface area contributed by atoms with Crippen LogP contribution in [0.2, 0.25) is 10.0 Å². The standard InChI is InChI=1S/C17H14BrCl2N3O2/c1-10(22-23-17(25)11-4-2-5-12(18)9-11)8-15(24)21-14-7-3-6-13(19)16(14)20/h2-7,9H,8H2,1H3,(H,21,24)(H,23,25)/b22-10-. The van der Waals surface area contributed by atoms with Gasteiger partial charge >= 0.3 is 0 Å². The SMILES string of the molecule is C/C(CC(=O)Nc1cccc(Cl)c1Cl)=N/NC(=O)c1cccc(Br)c1. The molecular formula is C17H14BrCl2N3O2. The van der Waals surface area contributed by atoms with Crippen molar-refractivity contribution >= 4 is 62.3 Å².